The normalized spacial score (nSPS) is 19.6. The van der Waals surface area contributed by atoms with E-state index in [0.717, 1.165) is 0 Å². The van der Waals surface area contributed by atoms with Gasteiger partial charge in [-0.3, -0.25) is 9.69 Å². The first-order chi connectivity index (χ1) is 8.13. The van der Waals surface area contributed by atoms with Gasteiger partial charge >= 0.3 is 6.09 Å². The summed E-state index contributed by atoms with van der Waals surface area (Å²) in [5.41, 5.74) is 0.310. The fourth-order valence-electron chi connectivity index (χ4n) is 1.83. The zero-order valence-corrected chi connectivity index (χ0v) is 9.79. The van der Waals surface area contributed by atoms with E-state index in [9.17, 15) is 9.59 Å². The lowest BCUT2D eigenvalue weighted by Crippen LogP contribution is -2.37. The molecule has 1 aliphatic heterocycles. The minimum atomic E-state index is -0.403. The molecule has 17 heavy (non-hydrogen) atoms. The molecule has 0 unspecified atom stereocenters. The van der Waals surface area contributed by atoms with Crippen molar-refractivity contribution in [3.63, 3.8) is 0 Å². The SMILES string of the molecule is CC(C)[C@H]1COC(=O)N1c1cccc(C=O)n1. The van der Waals surface area contributed by atoms with Gasteiger partial charge < -0.3 is 4.74 Å². The first kappa shape index (κ1) is 11.6. The molecular weight excluding hydrogens is 220 g/mol. The molecule has 1 atom stereocenters. The van der Waals surface area contributed by atoms with Crippen LogP contribution in [0.4, 0.5) is 10.6 Å². The molecular formula is C12H14N2O3. The molecule has 0 spiro atoms. The van der Waals surface area contributed by atoms with Crippen LogP contribution in [0.1, 0.15) is 24.3 Å². The summed E-state index contributed by atoms with van der Waals surface area (Å²) in [7, 11) is 0. The van der Waals surface area contributed by atoms with E-state index in [2.05, 4.69) is 4.98 Å². The summed E-state index contributed by atoms with van der Waals surface area (Å²) < 4.78 is 5.03. The fraction of sp³-hybridized carbons (Fsp3) is 0.417. The molecule has 0 saturated carbocycles. The third-order valence-corrected chi connectivity index (χ3v) is 2.80. The molecule has 1 amide bonds. The van der Waals surface area contributed by atoms with Crippen LogP contribution in [0.25, 0.3) is 0 Å². The molecule has 0 aliphatic carbocycles. The second-order valence-electron chi connectivity index (χ2n) is 4.30. The third kappa shape index (κ3) is 2.13. The summed E-state index contributed by atoms with van der Waals surface area (Å²) in [6.45, 7) is 4.40. The van der Waals surface area contributed by atoms with Gasteiger partial charge in [0.2, 0.25) is 0 Å². The number of nitrogens with zero attached hydrogens (tertiary/aromatic N) is 2. The molecule has 90 valence electrons. The Bertz CT molecular complexity index is 445. The van der Waals surface area contributed by atoms with E-state index in [0.29, 0.717) is 24.4 Å². The summed E-state index contributed by atoms with van der Waals surface area (Å²) in [6, 6.07) is 4.98. The van der Waals surface area contributed by atoms with Crippen molar-refractivity contribution >= 4 is 18.2 Å². The zero-order valence-electron chi connectivity index (χ0n) is 9.79. The van der Waals surface area contributed by atoms with E-state index in [1.165, 1.54) is 4.90 Å². The van der Waals surface area contributed by atoms with Crippen molar-refractivity contribution in [2.24, 2.45) is 5.92 Å². The molecule has 1 saturated heterocycles. The highest BCUT2D eigenvalue weighted by atomic mass is 16.6. The maximum atomic E-state index is 11.7. The van der Waals surface area contributed by atoms with Crippen LogP contribution in [0.5, 0.6) is 0 Å². The van der Waals surface area contributed by atoms with Crippen LogP contribution >= 0.6 is 0 Å². The van der Waals surface area contributed by atoms with Gasteiger partial charge in [0.1, 0.15) is 18.1 Å². The highest BCUT2D eigenvalue weighted by molar-refractivity contribution is 5.89. The maximum absolute atomic E-state index is 11.7. The molecule has 1 aliphatic rings. The number of carbonyl (C=O) groups is 2. The van der Waals surface area contributed by atoms with E-state index in [-0.39, 0.29) is 12.0 Å². The summed E-state index contributed by atoms with van der Waals surface area (Å²) >= 11 is 0. The van der Waals surface area contributed by atoms with Crippen molar-refractivity contribution < 1.29 is 14.3 Å². The van der Waals surface area contributed by atoms with E-state index in [1.54, 1.807) is 18.2 Å². The first-order valence-electron chi connectivity index (χ1n) is 5.51. The molecule has 2 heterocycles. The van der Waals surface area contributed by atoms with Gasteiger partial charge in [0.05, 0.1) is 6.04 Å². The van der Waals surface area contributed by atoms with Crippen molar-refractivity contribution in [2.45, 2.75) is 19.9 Å². The van der Waals surface area contributed by atoms with Gasteiger partial charge in [-0.1, -0.05) is 19.9 Å². The van der Waals surface area contributed by atoms with Gasteiger partial charge in [0.25, 0.3) is 0 Å². The smallest absolute Gasteiger partial charge is 0.415 e. The summed E-state index contributed by atoms with van der Waals surface area (Å²) in [4.78, 5) is 28.0. The fourth-order valence-corrected chi connectivity index (χ4v) is 1.83. The van der Waals surface area contributed by atoms with Crippen LogP contribution in [0.15, 0.2) is 18.2 Å². The number of hydrogen-bond donors (Lipinski definition) is 0. The second kappa shape index (κ2) is 4.53. The Morgan fingerprint density at radius 1 is 1.53 bits per heavy atom. The Morgan fingerprint density at radius 3 is 2.94 bits per heavy atom. The quantitative estimate of drug-likeness (QED) is 0.749. The van der Waals surface area contributed by atoms with Crippen molar-refractivity contribution in [1.29, 1.82) is 0 Å². The number of anilines is 1. The minimum absolute atomic E-state index is 0.0306. The lowest BCUT2D eigenvalue weighted by molar-refractivity contribution is 0.111. The Labute approximate surface area is 99.4 Å². The number of cyclic esters (lactones) is 1. The molecule has 1 aromatic rings. The monoisotopic (exact) mass is 234 g/mol. The number of aromatic nitrogens is 1. The highest BCUT2D eigenvalue weighted by Gasteiger charge is 2.36. The third-order valence-electron chi connectivity index (χ3n) is 2.80. The lowest BCUT2D eigenvalue weighted by atomic mass is 10.0. The molecule has 2 rings (SSSR count). The number of pyridine rings is 1. The van der Waals surface area contributed by atoms with Crippen LogP contribution < -0.4 is 4.90 Å². The number of carbonyl (C=O) groups excluding carboxylic acids is 2. The van der Waals surface area contributed by atoms with E-state index >= 15 is 0 Å². The van der Waals surface area contributed by atoms with Crippen LogP contribution in [-0.4, -0.2) is 30.0 Å². The average molecular weight is 234 g/mol. The standard InChI is InChI=1S/C12H14N2O3/c1-8(2)10-7-17-12(16)14(10)11-5-3-4-9(6-15)13-11/h3-6,8,10H,7H2,1-2H3/t10-/m1/s1. The number of hydrogen-bond acceptors (Lipinski definition) is 4. The van der Waals surface area contributed by atoms with E-state index in [1.807, 2.05) is 13.8 Å². The van der Waals surface area contributed by atoms with Gasteiger partial charge in [0, 0.05) is 0 Å². The van der Waals surface area contributed by atoms with Gasteiger partial charge in [-0.25, -0.2) is 9.78 Å². The second-order valence-corrected chi connectivity index (χ2v) is 4.30. The Morgan fingerprint density at radius 2 is 2.29 bits per heavy atom. The number of ether oxygens (including phenoxy) is 1. The summed E-state index contributed by atoms with van der Waals surface area (Å²) in [5.74, 6) is 0.735. The minimum Gasteiger partial charge on any atom is -0.447 e. The van der Waals surface area contributed by atoms with Gasteiger partial charge in [-0.05, 0) is 18.1 Å². The first-order valence-corrected chi connectivity index (χ1v) is 5.51. The molecule has 5 heteroatoms. The molecule has 5 nitrogen and oxygen atoms in total. The highest BCUT2D eigenvalue weighted by Crippen LogP contribution is 2.25. The van der Waals surface area contributed by atoms with E-state index in [4.69, 9.17) is 4.74 Å². The predicted octanol–water partition coefficient (Wildman–Crippen LogP) is 1.88. The van der Waals surface area contributed by atoms with Crippen molar-refractivity contribution in [2.75, 3.05) is 11.5 Å². The van der Waals surface area contributed by atoms with Gasteiger partial charge in [-0.15, -0.1) is 0 Å². The van der Waals surface area contributed by atoms with Crippen LogP contribution in [0.2, 0.25) is 0 Å². The van der Waals surface area contributed by atoms with Crippen LogP contribution in [0.3, 0.4) is 0 Å². The molecule has 0 bridgehead atoms. The maximum Gasteiger partial charge on any atom is 0.415 e. The van der Waals surface area contributed by atoms with Crippen LogP contribution in [0, 0.1) is 5.92 Å². The molecule has 0 aromatic carbocycles. The van der Waals surface area contributed by atoms with Crippen molar-refractivity contribution in [1.82, 2.24) is 4.98 Å². The zero-order chi connectivity index (χ0) is 12.4. The Kier molecular flexibility index (Phi) is 3.08. The molecule has 1 fully saturated rings. The van der Waals surface area contributed by atoms with E-state index < -0.39 is 6.09 Å². The Balaban J connectivity index is 2.35. The lowest BCUT2D eigenvalue weighted by Gasteiger charge is -2.23. The van der Waals surface area contributed by atoms with Crippen molar-refractivity contribution in [3.8, 4) is 0 Å². The predicted molar refractivity (Wildman–Crippen MR) is 62.1 cm³/mol. The average Bonchev–Trinajstić information content (AvgIpc) is 2.71. The number of rotatable bonds is 3. The number of aldehydes is 1. The summed E-state index contributed by atoms with van der Waals surface area (Å²) in [6.07, 6.45) is 0.259. The summed E-state index contributed by atoms with van der Waals surface area (Å²) in [5, 5.41) is 0. The van der Waals surface area contributed by atoms with Gasteiger partial charge in [-0.2, -0.15) is 0 Å². The topological polar surface area (TPSA) is 59.5 Å². The van der Waals surface area contributed by atoms with Gasteiger partial charge in [0.15, 0.2) is 6.29 Å². The molecule has 0 radical (unpaired) electrons. The van der Waals surface area contributed by atoms with Crippen LogP contribution in [-0.2, 0) is 4.74 Å². The molecule has 0 N–H and O–H groups in total. The largest absolute Gasteiger partial charge is 0.447 e. The molecule has 1 aromatic heterocycles. The van der Waals surface area contributed by atoms with Crippen molar-refractivity contribution in [3.05, 3.63) is 23.9 Å². The Hall–Kier alpha value is -1.91. The number of amides is 1.